The highest BCUT2D eigenvalue weighted by molar-refractivity contribution is 9.10. The predicted molar refractivity (Wildman–Crippen MR) is 80.6 cm³/mol. The Morgan fingerprint density at radius 2 is 2.15 bits per heavy atom. The molecule has 1 amide bonds. The van der Waals surface area contributed by atoms with Crippen LogP contribution in [0.1, 0.15) is 18.7 Å². The molecule has 3 N–H and O–H groups in total. The van der Waals surface area contributed by atoms with E-state index in [1.165, 1.54) is 0 Å². The molecular weight excluding hydrogens is 324 g/mol. The molecule has 20 heavy (non-hydrogen) atoms. The van der Waals surface area contributed by atoms with E-state index in [9.17, 15) is 4.79 Å². The summed E-state index contributed by atoms with van der Waals surface area (Å²) < 4.78 is 6.30. The minimum atomic E-state index is -0.534. The molecule has 0 aliphatic carbocycles. The van der Waals surface area contributed by atoms with Crippen molar-refractivity contribution in [2.75, 3.05) is 17.2 Å². The Kier molecular flexibility index (Phi) is 4.81. The number of carbonyl (C=O) groups is 1. The molecule has 0 aliphatic heterocycles. The molecule has 0 fully saturated rings. The summed E-state index contributed by atoms with van der Waals surface area (Å²) in [6.07, 6.45) is 1.62. The van der Waals surface area contributed by atoms with Gasteiger partial charge < -0.3 is 20.2 Å². The Hall–Kier alpha value is -1.79. The first-order valence-corrected chi connectivity index (χ1v) is 6.89. The van der Waals surface area contributed by atoms with Crippen LogP contribution in [-0.4, -0.2) is 17.6 Å². The maximum atomic E-state index is 11.1. The van der Waals surface area contributed by atoms with Crippen LogP contribution in [-0.2, 0) is 4.79 Å². The maximum absolute atomic E-state index is 11.1. The number of furan rings is 1. The van der Waals surface area contributed by atoms with Crippen LogP contribution in [0.5, 0.6) is 0 Å². The topological polar surface area (TPSA) is 74.5 Å². The largest absolute Gasteiger partial charge is 0.466 e. The molecule has 0 aliphatic rings. The number of carbonyl (C=O) groups excluding carboxylic acids is 1. The lowest BCUT2D eigenvalue weighted by Crippen LogP contribution is -2.15. The summed E-state index contributed by atoms with van der Waals surface area (Å²) >= 11 is 3.42. The molecule has 0 radical (unpaired) electrons. The Labute approximate surface area is 125 Å². The summed E-state index contributed by atoms with van der Waals surface area (Å²) in [5.41, 5.74) is 1.47. The second-order valence-corrected chi connectivity index (χ2v) is 5.14. The first kappa shape index (κ1) is 14.6. The highest BCUT2D eigenvalue weighted by Crippen LogP contribution is 2.27. The van der Waals surface area contributed by atoms with E-state index in [1.54, 1.807) is 18.4 Å². The molecule has 0 spiro atoms. The zero-order valence-electron chi connectivity index (χ0n) is 10.9. The Morgan fingerprint density at radius 3 is 2.80 bits per heavy atom. The zero-order chi connectivity index (χ0) is 14.5. The van der Waals surface area contributed by atoms with Crippen LogP contribution in [0, 0.1) is 0 Å². The van der Waals surface area contributed by atoms with Crippen LogP contribution in [0.4, 0.5) is 11.4 Å². The van der Waals surface area contributed by atoms with Crippen molar-refractivity contribution < 1.29 is 14.3 Å². The van der Waals surface area contributed by atoms with Crippen LogP contribution in [0.2, 0.25) is 0 Å². The fraction of sp³-hybridized carbons (Fsp3) is 0.214. The number of aliphatic hydroxyl groups excluding tert-OH is 1. The van der Waals surface area contributed by atoms with Gasteiger partial charge in [0.1, 0.15) is 12.4 Å². The molecule has 106 valence electrons. The van der Waals surface area contributed by atoms with E-state index in [1.807, 2.05) is 25.1 Å². The first-order valence-electron chi connectivity index (χ1n) is 6.10. The van der Waals surface area contributed by atoms with Gasteiger partial charge in [-0.05, 0) is 47.1 Å². The van der Waals surface area contributed by atoms with Crippen molar-refractivity contribution in [3.05, 3.63) is 46.8 Å². The molecule has 1 unspecified atom stereocenters. The first-order chi connectivity index (χ1) is 9.60. The third kappa shape index (κ3) is 3.61. The summed E-state index contributed by atoms with van der Waals surface area (Å²) in [7, 11) is 0. The van der Waals surface area contributed by atoms with Gasteiger partial charge in [0.25, 0.3) is 0 Å². The average molecular weight is 339 g/mol. The lowest BCUT2D eigenvalue weighted by Gasteiger charge is -2.14. The van der Waals surface area contributed by atoms with Gasteiger partial charge >= 0.3 is 0 Å². The van der Waals surface area contributed by atoms with Crippen LogP contribution < -0.4 is 10.6 Å². The van der Waals surface area contributed by atoms with E-state index < -0.39 is 12.5 Å². The highest BCUT2D eigenvalue weighted by Gasteiger charge is 2.12. The predicted octanol–water partition coefficient (Wildman–Crippen LogP) is 3.15. The molecule has 0 saturated carbocycles. The van der Waals surface area contributed by atoms with Crippen molar-refractivity contribution in [3.8, 4) is 0 Å². The molecule has 5 nitrogen and oxygen atoms in total. The van der Waals surface area contributed by atoms with Crippen molar-refractivity contribution in [3.63, 3.8) is 0 Å². The third-order valence-corrected chi connectivity index (χ3v) is 3.37. The molecule has 1 atom stereocenters. The number of amides is 1. The van der Waals surface area contributed by atoms with Crippen molar-refractivity contribution in [2.45, 2.75) is 13.0 Å². The van der Waals surface area contributed by atoms with Gasteiger partial charge in [-0.25, -0.2) is 0 Å². The molecule has 1 aromatic heterocycles. The van der Waals surface area contributed by atoms with Crippen LogP contribution in [0.3, 0.4) is 0 Å². The van der Waals surface area contributed by atoms with E-state index in [-0.39, 0.29) is 6.04 Å². The number of aliphatic hydroxyl groups is 1. The molecule has 2 rings (SSSR count). The van der Waals surface area contributed by atoms with Crippen molar-refractivity contribution in [1.82, 2.24) is 0 Å². The Morgan fingerprint density at radius 1 is 1.40 bits per heavy atom. The standard InChI is InChI=1S/C14H15BrN2O3/c1-9(14-12(15)5-6-20-14)16-10-3-2-4-11(7-10)17-13(19)8-18/h2-7,9,16,18H,8H2,1H3,(H,17,19). The van der Waals surface area contributed by atoms with Crippen LogP contribution in [0.15, 0.2) is 45.5 Å². The molecular formula is C14H15BrN2O3. The number of halogens is 1. The SMILES string of the molecule is CC(Nc1cccc(NC(=O)CO)c1)c1occc1Br. The number of benzene rings is 1. The fourth-order valence-corrected chi connectivity index (χ4v) is 2.36. The van der Waals surface area contributed by atoms with Crippen molar-refractivity contribution in [2.24, 2.45) is 0 Å². The molecule has 1 heterocycles. The van der Waals surface area contributed by atoms with Gasteiger partial charge in [0.15, 0.2) is 0 Å². The second-order valence-electron chi connectivity index (χ2n) is 4.29. The zero-order valence-corrected chi connectivity index (χ0v) is 12.5. The van der Waals surface area contributed by atoms with E-state index in [0.29, 0.717) is 5.69 Å². The number of anilines is 2. The van der Waals surface area contributed by atoms with Gasteiger partial charge in [0, 0.05) is 11.4 Å². The van der Waals surface area contributed by atoms with E-state index >= 15 is 0 Å². The second kappa shape index (κ2) is 6.58. The number of rotatable bonds is 5. The monoisotopic (exact) mass is 338 g/mol. The number of hydrogen-bond donors (Lipinski definition) is 3. The fourth-order valence-electron chi connectivity index (χ4n) is 1.82. The van der Waals surface area contributed by atoms with Gasteiger partial charge in [-0.2, -0.15) is 0 Å². The lowest BCUT2D eigenvalue weighted by atomic mass is 10.2. The summed E-state index contributed by atoms with van der Waals surface area (Å²) in [5, 5.41) is 14.6. The van der Waals surface area contributed by atoms with Gasteiger partial charge in [-0.15, -0.1) is 0 Å². The molecule has 0 saturated heterocycles. The molecule has 6 heteroatoms. The maximum Gasteiger partial charge on any atom is 0.250 e. The normalized spacial score (nSPS) is 11.9. The van der Waals surface area contributed by atoms with Crippen LogP contribution in [0.25, 0.3) is 0 Å². The number of nitrogens with one attached hydrogen (secondary N) is 2. The van der Waals surface area contributed by atoms with Gasteiger partial charge in [0.05, 0.1) is 16.8 Å². The minimum Gasteiger partial charge on any atom is -0.466 e. The Bertz CT molecular complexity index is 598. The van der Waals surface area contributed by atoms with Gasteiger partial charge in [0.2, 0.25) is 5.91 Å². The smallest absolute Gasteiger partial charge is 0.250 e. The average Bonchev–Trinajstić information content (AvgIpc) is 2.85. The summed E-state index contributed by atoms with van der Waals surface area (Å²) in [4.78, 5) is 11.1. The van der Waals surface area contributed by atoms with E-state index in [4.69, 9.17) is 9.52 Å². The summed E-state index contributed by atoms with van der Waals surface area (Å²) in [6.45, 7) is 1.44. The number of hydrogen-bond acceptors (Lipinski definition) is 4. The quantitative estimate of drug-likeness (QED) is 0.782. The molecule has 0 bridgehead atoms. The van der Waals surface area contributed by atoms with Gasteiger partial charge in [-0.1, -0.05) is 6.07 Å². The summed E-state index contributed by atoms with van der Waals surface area (Å²) in [6, 6.07) is 9.07. The lowest BCUT2D eigenvalue weighted by molar-refractivity contribution is -0.118. The Balaban J connectivity index is 2.08. The van der Waals surface area contributed by atoms with E-state index in [0.717, 1.165) is 15.9 Å². The van der Waals surface area contributed by atoms with Crippen molar-refractivity contribution >= 4 is 33.2 Å². The highest BCUT2D eigenvalue weighted by atomic mass is 79.9. The van der Waals surface area contributed by atoms with E-state index in [2.05, 4.69) is 26.6 Å². The van der Waals surface area contributed by atoms with Gasteiger partial charge in [-0.3, -0.25) is 4.79 Å². The molecule has 1 aromatic carbocycles. The van der Waals surface area contributed by atoms with Crippen molar-refractivity contribution in [1.29, 1.82) is 0 Å². The summed E-state index contributed by atoms with van der Waals surface area (Å²) in [5.74, 6) is 0.360. The third-order valence-electron chi connectivity index (χ3n) is 2.71. The molecule has 2 aromatic rings. The minimum absolute atomic E-state index is 0.0248. The van der Waals surface area contributed by atoms with Crippen LogP contribution >= 0.6 is 15.9 Å².